The van der Waals surface area contributed by atoms with E-state index < -0.39 is 15.4 Å². The van der Waals surface area contributed by atoms with E-state index in [1.807, 2.05) is 6.07 Å². The van der Waals surface area contributed by atoms with Crippen molar-refractivity contribution >= 4 is 38.3 Å². The van der Waals surface area contributed by atoms with Crippen LogP contribution >= 0.6 is 11.6 Å². The van der Waals surface area contributed by atoms with Crippen molar-refractivity contribution < 1.29 is 8.42 Å². The second kappa shape index (κ2) is 8.04. The first kappa shape index (κ1) is 21.7. The van der Waals surface area contributed by atoms with Gasteiger partial charge in [-0.15, -0.1) is 0 Å². The number of rotatable bonds is 4. The number of anilines is 1. The summed E-state index contributed by atoms with van der Waals surface area (Å²) in [5.41, 5.74) is 6.31. The summed E-state index contributed by atoms with van der Waals surface area (Å²) >= 11 is 6.03. The zero-order valence-corrected chi connectivity index (χ0v) is 19.2. The standard InChI is InChI=1S/C22H16ClN7O3S/c1-34(32,33)21-18-20(30(28-21)15-5-3-2-4-6-15)27-19(16-11-26-17(24)12-25-16)29(22(18)31)14-9-7-13(23)8-10-14/h2-12H,1H3,(H2,24,26). The average Bonchev–Trinajstić information content (AvgIpc) is 3.22. The molecular formula is C22H16ClN7O3S. The molecule has 0 saturated heterocycles. The number of fused-ring (bicyclic) bond motifs is 1. The molecule has 0 unspecified atom stereocenters. The van der Waals surface area contributed by atoms with Gasteiger partial charge < -0.3 is 5.73 Å². The number of para-hydroxylation sites is 1. The van der Waals surface area contributed by atoms with Gasteiger partial charge in [-0.1, -0.05) is 29.8 Å². The van der Waals surface area contributed by atoms with Crippen LogP contribution in [-0.4, -0.2) is 44.0 Å². The first-order chi connectivity index (χ1) is 16.2. The summed E-state index contributed by atoms with van der Waals surface area (Å²) in [5.74, 6) is 0.323. The summed E-state index contributed by atoms with van der Waals surface area (Å²) in [6.07, 6.45) is 3.72. The van der Waals surface area contributed by atoms with Crippen LogP contribution in [-0.2, 0) is 9.84 Å². The Morgan fingerprint density at radius 1 is 0.941 bits per heavy atom. The minimum absolute atomic E-state index is 0.0652. The van der Waals surface area contributed by atoms with Crippen LogP contribution in [0.3, 0.4) is 0 Å². The van der Waals surface area contributed by atoms with E-state index in [1.54, 1.807) is 48.5 Å². The molecule has 0 aliphatic rings. The van der Waals surface area contributed by atoms with Crippen LogP contribution in [0.15, 0.2) is 76.8 Å². The molecule has 2 N–H and O–H groups in total. The Kier molecular flexibility index (Phi) is 5.14. The lowest BCUT2D eigenvalue weighted by Gasteiger charge is -2.13. The highest BCUT2D eigenvalue weighted by Crippen LogP contribution is 2.26. The Morgan fingerprint density at radius 2 is 1.65 bits per heavy atom. The van der Waals surface area contributed by atoms with Crippen molar-refractivity contribution in [2.75, 3.05) is 12.0 Å². The molecule has 0 radical (unpaired) electrons. The van der Waals surface area contributed by atoms with Crippen molar-refractivity contribution in [1.29, 1.82) is 0 Å². The van der Waals surface area contributed by atoms with Gasteiger partial charge in [-0.05, 0) is 36.4 Å². The lowest BCUT2D eigenvalue weighted by molar-refractivity contribution is 0.597. The van der Waals surface area contributed by atoms with Gasteiger partial charge in [0, 0.05) is 11.3 Å². The highest BCUT2D eigenvalue weighted by atomic mass is 35.5. The Labute approximate surface area is 198 Å². The molecule has 3 aromatic heterocycles. The van der Waals surface area contributed by atoms with Crippen molar-refractivity contribution in [2.24, 2.45) is 0 Å². The molecule has 0 saturated carbocycles. The second-order valence-corrected chi connectivity index (χ2v) is 9.77. The molecule has 0 aliphatic carbocycles. The number of hydrogen-bond donors (Lipinski definition) is 1. The molecule has 0 spiro atoms. The minimum Gasteiger partial charge on any atom is -0.382 e. The summed E-state index contributed by atoms with van der Waals surface area (Å²) in [6.45, 7) is 0. The Bertz CT molecular complexity index is 1700. The minimum atomic E-state index is -3.88. The molecule has 10 nitrogen and oxygen atoms in total. The first-order valence-corrected chi connectivity index (χ1v) is 12.2. The molecule has 3 heterocycles. The van der Waals surface area contributed by atoms with Crippen LogP contribution in [0.5, 0.6) is 0 Å². The van der Waals surface area contributed by atoms with Gasteiger partial charge in [0.1, 0.15) is 16.9 Å². The van der Waals surface area contributed by atoms with Gasteiger partial charge in [-0.2, -0.15) is 5.10 Å². The van der Waals surface area contributed by atoms with Crippen molar-refractivity contribution in [3.8, 4) is 22.9 Å². The van der Waals surface area contributed by atoms with Crippen molar-refractivity contribution in [3.05, 3.63) is 82.4 Å². The number of aromatic nitrogens is 6. The number of nitrogens with two attached hydrogens (primary N) is 1. The third-order valence-electron chi connectivity index (χ3n) is 5.01. The molecular weight excluding hydrogens is 478 g/mol. The van der Waals surface area contributed by atoms with Crippen LogP contribution < -0.4 is 11.3 Å². The Morgan fingerprint density at radius 3 is 2.26 bits per heavy atom. The average molecular weight is 494 g/mol. The van der Waals surface area contributed by atoms with Crippen LogP contribution in [0.4, 0.5) is 5.82 Å². The van der Waals surface area contributed by atoms with Crippen molar-refractivity contribution in [3.63, 3.8) is 0 Å². The maximum Gasteiger partial charge on any atom is 0.270 e. The molecule has 2 aromatic carbocycles. The zero-order valence-electron chi connectivity index (χ0n) is 17.6. The molecule has 170 valence electrons. The Balaban J connectivity index is 1.96. The van der Waals surface area contributed by atoms with Crippen LogP contribution in [0.2, 0.25) is 5.02 Å². The van der Waals surface area contributed by atoms with Crippen LogP contribution in [0, 0.1) is 0 Å². The smallest absolute Gasteiger partial charge is 0.270 e. The fourth-order valence-corrected chi connectivity index (χ4v) is 4.41. The van der Waals surface area contributed by atoms with Crippen molar-refractivity contribution in [2.45, 2.75) is 5.03 Å². The molecule has 5 rings (SSSR count). The first-order valence-electron chi connectivity index (χ1n) is 9.89. The number of nitrogen functional groups attached to an aromatic ring is 1. The van der Waals surface area contributed by atoms with Gasteiger partial charge in [0.2, 0.25) is 0 Å². The van der Waals surface area contributed by atoms with E-state index in [0.717, 1.165) is 6.26 Å². The summed E-state index contributed by atoms with van der Waals surface area (Å²) < 4.78 is 27.8. The third kappa shape index (κ3) is 3.70. The van der Waals surface area contributed by atoms with E-state index in [9.17, 15) is 13.2 Å². The lowest BCUT2D eigenvalue weighted by atomic mass is 10.2. The molecule has 12 heteroatoms. The summed E-state index contributed by atoms with van der Waals surface area (Å²) in [7, 11) is -3.88. The van der Waals surface area contributed by atoms with E-state index in [2.05, 4.69) is 20.1 Å². The van der Waals surface area contributed by atoms with E-state index in [1.165, 1.54) is 21.6 Å². The van der Waals surface area contributed by atoms with Gasteiger partial charge in [0.05, 0.1) is 23.8 Å². The molecule has 34 heavy (non-hydrogen) atoms. The molecule has 0 atom stereocenters. The quantitative estimate of drug-likeness (QED) is 0.403. The number of halogens is 1. The van der Waals surface area contributed by atoms with E-state index >= 15 is 0 Å². The Hall–Kier alpha value is -4.09. The number of sulfone groups is 1. The van der Waals surface area contributed by atoms with Crippen LogP contribution in [0.25, 0.3) is 33.9 Å². The zero-order chi connectivity index (χ0) is 24.0. The lowest BCUT2D eigenvalue weighted by Crippen LogP contribution is -2.23. The molecule has 0 fully saturated rings. The number of hydrogen-bond acceptors (Lipinski definition) is 8. The predicted octanol–water partition coefficient (Wildman–Crippen LogP) is 2.67. The van der Waals surface area contributed by atoms with E-state index in [-0.39, 0.29) is 33.4 Å². The summed E-state index contributed by atoms with van der Waals surface area (Å²) in [5, 5.41) is 4.21. The highest BCUT2D eigenvalue weighted by Gasteiger charge is 2.27. The van der Waals surface area contributed by atoms with E-state index in [4.69, 9.17) is 17.3 Å². The topological polar surface area (TPSA) is 139 Å². The highest BCUT2D eigenvalue weighted by molar-refractivity contribution is 7.90. The number of benzene rings is 2. The maximum absolute atomic E-state index is 13.9. The van der Waals surface area contributed by atoms with Gasteiger partial charge in [0.25, 0.3) is 5.56 Å². The largest absolute Gasteiger partial charge is 0.382 e. The fraction of sp³-hybridized carbons (Fsp3) is 0.0455. The maximum atomic E-state index is 13.9. The van der Waals surface area contributed by atoms with Gasteiger partial charge in [-0.3, -0.25) is 9.36 Å². The molecule has 0 bridgehead atoms. The summed E-state index contributed by atoms with van der Waals surface area (Å²) in [4.78, 5) is 26.9. The summed E-state index contributed by atoms with van der Waals surface area (Å²) in [6, 6.07) is 15.3. The van der Waals surface area contributed by atoms with Crippen molar-refractivity contribution in [1.82, 2.24) is 29.3 Å². The van der Waals surface area contributed by atoms with Crippen LogP contribution in [0.1, 0.15) is 0 Å². The molecule has 5 aromatic rings. The fourth-order valence-electron chi connectivity index (χ4n) is 3.50. The van der Waals surface area contributed by atoms with Gasteiger partial charge in [-0.25, -0.2) is 28.1 Å². The van der Waals surface area contributed by atoms with Gasteiger partial charge in [0.15, 0.2) is 26.3 Å². The number of nitrogens with zero attached hydrogens (tertiary/aromatic N) is 6. The monoisotopic (exact) mass is 493 g/mol. The predicted molar refractivity (Wildman–Crippen MR) is 128 cm³/mol. The SMILES string of the molecule is CS(=O)(=O)c1nn(-c2ccccc2)c2nc(-c3cnc(N)cn3)n(-c3ccc(Cl)cc3)c(=O)c12. The second-order valence-electron chi connectivity index (χ2n) is 7.40. The van der Waals surface area contributed by atoms with Gasteiger partial charge >= 0.3 is 0 Å². The third-order valence-corrected chi connectivity index (χ3v) is 6.25. The molecule has 0 aliphatic heterocycles. The normalized spacial score (nSPS) is 11.7. The molecule has 0 amide bonds. The van der Waals surface area contributed by atoms with E-state index in [0.29, 0.717) is 16.4 Å².